The molecule has 28 heavy (non-hydrogen) atoms. The van der Waals surface area contributed by atoms with E-state index in [-0.39, 0.29) is 30.8 Å². The van der Waals surface area contributed by atoms with Gasteiger partial charge in [0.15, 0.2) is 0 Å². The fourth-order valence-corrected chi connectivity index (χ4v) is 2.75. The van der Waals surface area contributed by atoms with Gasteiger partial charge >= 0.3 is 5.97 Å². The van der Waals surface area contributed by atoms with Crippen LogP contribution in [0.15, 0.2) is 18.2 Å². The summed E-state index contributed by atoms with van der Waals surface area (Å²) in [5.74, 6) is -0.502. The highest BCUT2D eigenvalue weighted by Crippen LogP contribution is 2.27. The monoisotopic (exact) mass is 413 g/mol. The Hall–Kier alpha value is -2.32. The molecule has 1 aromatic carbocycles. The molecule has 0 saturated carbocycles. The minimum absolute atomic E-state index is 0.0316. The first-order valence-electron chi connectivity index (χ1n) is 8.85. The van der Waals surface area contributed by atoms with E-state index in [0.29, 0.717) is 22.9 Å². The van der Waals surface area contributed by atoms with Gasteiger partial charge in [0.1, 0.15) is 11.8 Å². The molecule has 2 amide bonds. The average Bonchev–Trinajstić information content (AvgIpc) is 2.59. The van der Waals surface area contributed by atoms with Crippen LogP contribution in [0.25, 0.3) is 0 Å². The van der Waals surface area contributed by atoms with E-state index in [2.05, 4.69) is 10.6 Å². The summed E-state index contributed by atoms with van der Waals surface area (Å²) in [5, 5.41) is 5.82. The summed E-state index contributed by atoms with van der Waals surface area (Å²) in [5.41, 5.74) is 0.445. The number of hydrogen-bond acceptors (Lipinski definition) is 6. The maximum Gasteiger partial charge on any atom is 0.328 e. The standard InChI is InChI=1S/C19H28ClN3O5/c1-12(2)8-15(19(26)28-5)22-18(25)11-23(3)10-17(24)21-14-9-13(20)6-7-16(14)27-4/h6-7,9,12,15H,8,10-11H2,1-5H3,(H,21,24)(H,22,25)/t15-/m0/s1. The molecule has 2 N–H and O–H groups in total. The second-order valence-electron chi connectivity index (χ2n) is 6.84. The van der Waals surface area contributed by atoms with E-state index in [0.717, 1.165) is 0 Å². The molecule has 0 saturated heterocycles. The zero-order valence-electron chi connectivity index (χ0n) is 16.9. The predicted octanol–water partition coefficient (Wildman–Crippen LogP) is 1.92. The molecule has 0 aliphatic carbocycles. The lowest BCUT2D eigenvalue weighted by molar-refractivity contribution is -0.145. The Kier molecular flexibility index (Phi) is 9.75. The third-order valence-electron chi connectivity index (χ3n) is 3.79. The van der Waals surface area contributed by atoms with Crippen LogP contribution >= 0.6 is 11.6 Å². The molecule has 1 aromatic rings. The number of hydrogen-bond donors (Lipinski definition) is 2. The lowest BCUT2D eigenvalue weighted by Gasteiger charge is -2.21. The molecule has 9 heteroatoms. The van der Waals surface area contributed by atoms with Gasteiger partial charge in [-0.25, -0.2) is 4.79 Å². The van der Waals surface area contributed by atoms with E-state index >= 15 is 0 Å². The maximum absolute atomic E-state index is 12.2. The molecule has 156 valence electrons. The van der Waals surface area contributed by atoms with Crippen molar-refractivity contribution in [2.45, 2.75) is 26.3 Å². The van der Waals surface area contributed by atoms with E-state index in [1.54, 1.807) is 25.2 Å². The molecule has 0 aliphatic heterocycles. The van der Waals surface area contributed by atoms with Crippen LogP contribution in [0.2, 0.25) is 5.02 Å². The maximum atomic E-state index is 12.2. The number of nitrogens with one attached hydrogen (secondary N) is 2. The summed E-state index contributed by atoms with van der Waals surface area (Å²) in [6.07, 6.45) is 0.469. The zero-order chi connectivity index (χ0) is 21.3. The predicted molar refractivity (Wildman–Crippen MR) is 108 cm³/mol. The third-order valence-corrected chi connectivity index (χ3v) is 4.03. The van der Waals surface area contributed by atoms with Crippen LogP contribution in [0.3, 0.4) is 0 Å². The Balaban J connectivity index is 2.59. The molecule has 0 radical (unpaired) electrons. The summed E-state index contributed by atoms with van der Waals surface area (Å²) in [6, 6.07) is 4.17. The van der Waals surface area contributed by atoms with Crippen LogP contribution in [0.1, 0.15) is 20.3 Å². The van der Waals surface area contributed by atoms with Gasteiger partial charge in [0.25, 0.3) is 0 Å². The van der Waals surface area contributed by atoms with Crippen LogP contribution < -0.4 is 15.4 Å². The number of methoxy groups -OCH3 is 2. The van der Waals surface area contributed by atoms with Crippen molar-refractivity contribution in [1.29, 1.82) is 0 Å². The van der Waals surface area contributed by atoms with E-state index in [4.69, 9.17) is 21.1 Å². The van der Waals surface area contributed by atoms with E-state index in [1.165, 1.54) is 19.1 Å². The van der Waals surface area contributed by atoms with Crippen molar-refractivity contribution < 1.29 is 23.9 Å². The number of nitrogens with zero attached hydrogens (tertiary/aromatic N) is 1. The molecule has 1 rings (SSSR count). The molecule has 0 bridgehead atoms. The van der Waals surface area contributed by atoms with Gasteiger partial charge in [0, 0.05) is 5.02 Å². The highest BCUT2D eigenvalue weighted by atomic mass is 35.5. The van der Waals surface area contributed by atoms with Gasteiger partial charge in [-0.1, -0.05) is 25.4 Å². The number of anilines is 1. The van der Waals surface area contributed by atoms with Crippen molar-refractivity contribution in [2.24, 2.45) is 5.92 Å². The Morgan fingerprint density at radius 2 is 1.79 bits per heavy atom. The largest absolute Gasteiger partial charge is 0.495 e. The Labute approximate surface area is 170 Å². The van der Waals surface area contributed by atoms with Crippen molar-refractivity contribution in [3.63, 3.8) is 0 Å². The summed E-state index contributed by atoms with van der Waals surface area (Å²) in [6.45, 7) is 3.81. The lowest BCUT2D eigenvalue weighted by Crippen LogP contribution is -2.46. The summed E-state index contributed by atoms with van der Waals surface area (Å²) in [4.78, 5) is 37.8. The molecule has 0 spiro atoms. The molecule has 1 atom stereocenters. The second kappa shape index (κ2) is 11.5. The molecule has 0 heterocycles. The third kappa shape index (κ3) is 8.14. The van der Waals surface area contributed by atoms with Crippen LogP contribution in [-0.4, -0.2) is 63.1 Å². The van der Waals surface area contributed by atoms with Gasteiger partial charge in [0.05, 0.1) is 33.0 Å². The topological polar surface area (TPSA) is 97.0 Å². The Bertz CT molecular complexity index is 696. The smallest absolute Gasteiger partial charge is 0.328 e. The second-order valence-corrected chi connectivity index (χ2v) is 7.27. The molecule has 0 aliphatic rings. The van der Waals surface area contributed by atoms with Crippen molar-refractivity contribution in [1.82, 2.24) is 10.2 Å². The Morgan fingerprint density at radius 3 is 2.36 bits per heavy atom. The van der Waals surface area contributed by atoms with Crippen molar-refractivity contribution in [2.75, 3.05) is 39.7 Å². The van der Waals surface area contributed by atoms with Crippen molar-refractivity contribution in [3.8, 4) is 5.75 Å². The van der Waals surface area contributed by atoms with Gasteiger partial charge in [-0.2, -0.15) is 0 Å². The van der Waals surface area contributed by atoms with Gasteiger partial charge in [0.2, 0.25) is 11.8 Å². The number of carbonyl (C=O) groups excluding carboxylic acids is 3. The fourth-order valence-electron chi connectivity index (χ4n) is 2.58. The highest BCUT2D eigenvalue weighted by Gasteiger charge is 2.23. The minimum atomic E-state index is -0.713. The first-order valence-corrected chi connectivity index (χ1v) is 9.23. The first kappa shape index (κ1) is 23.7. The molecule has 0 aromatic heterocycles. The molecule has 8 nitrogen and oxygen atoms in total. The molecule has 0 unspecified atom stereocenters. The lowest BCUT2D eigenvalue weighted by atomic mass is 10.0. The van der Waals surface area contributed by atoms with Crippen LogP contribution in [0, 0.1) is 5.92 Å². The normalized spacial score (nSPS) is 11.9. The van der Waals surface area contributed by atoms with Crippen LogP contribution in [-0.2, 0) is 19.1 Å². The number of esters is 1. The minimum Gasteiger partial charge on any atom is -0.495 e. The SMILES string of the molecule is COC(=O)[C@H](CC(C)C)NC(=O)CN(C)CC(=O)Nc1cc(Cl)ccc1OC. The van der Waals surface area contributed by atoms with Crippen molar-refractivity contribution in [3.05, 3.63) is 23.2 Å². The van der Waals surface area contributed by atoms with Gasteiger partial charge in [-0.3, -0.25) is 14.5 Å². The van der Waals surface area contributed by atoms with Crippen LogP contribution in [0.5, 0.6) is 5.75 Å². The van der Waals surface area contributed by atoms with E-state index in [9.17, 15) is 14.4 Å². The van der Waals surface area contributed by atoms with Crippen molar-refractivity contribution >= 4 is 35.1 Å². The quantitative estimate of drug-likeness (QED) is 0.569. The van der Waals surface area contributed by atoms with Gasteiger partial charge < -0.3 is 20.1 Å². The number of carbonyl (C=O) groups is 3. The number of likely N-dealkylation sites (N-methyl/N-ethyl adjacent to an activating group) is 1. The number of benzene rings is 1. The number of rotatable bonds is 10. The van der Waals surface area contributed by atoms with Gasteiger partial charge in [-0.05, 0) is 37.6 Å². The number of amides is 2. The molecular formula is C19H28ClN3O5. The zero-order valence-corrected chi connectivity index (χ0v) is 17.6. The molecule has 0 fully saturated rings. The summed E-state index contributed by atoms with van der Waals surface area (Å²) in [7, 11) is 4.40. The Morgan fingerprint density at radius 1 is 1.14 bits per heavy atom. The molecular weight excluding hydrogens is 386 g/mol. The van der Waals surface area contributed by atoms with E-state index in [1.807, 2.05) is 13.8 Å². The number of ether oxygens (including phenoxy) is 2. The van der Waals surface area contributed by atoms with Crippen LogP contribution in [0.4, 0.5) is 5.69 Å². The average molecular weight is 414 g/mol. The highest BCUT2D eigenvalue weighted by molar-refractivity contribution is 6.31. The van der Waals surface area contributed by atoms with Gasteiger partial charge in [-0.15, -0.1) is 0 Å². The first-order chi connectivity index (χ1) is 13.2. The van der Waals surface area contributed by atoms with E-state index < -0.39 is 12.0 Å². The number of halogens is 1. The summed E-state index contributed by atoms with van der Waals surface area (Å²) >= 11 is 5.95. The fraction of sp³-hybridized carbons (Fsp3) is 0.526. The summed E-state index contributed by atoms with van der Waals surface area (Å²) < 4.78 is 9.91.